The molecule has 0 bridgehead atoms. The molecule has 2 aromatic carbocycles. The van der Waals surface area contributed by atoms with E-state index in [-0.39, 0.29) is 0 Å². The van der Waals surface area contributed by atoms with Crippen LogP contribution in [0.5, 0.6) is 11.5 Å². The molecule has 5 nitrogen and oxygen atoms in total. The van der Waals surface area contributed by atoms with Crippen LogP contribution in [0.2, 0.25) is 0 Å². The van der Waals surface area contributed by atoms with Gasteiger partial charge in [0.2, 0.25) is 0 Å². The molecule has 0 atom stereocenters. The smallest absolute Gasteiger partial charge is 0.166 e. The topological polar surface area (TPSA) is 43.0 Å². The Kier molecular flexibility index (Phi) is 6.04. The molecule has 1 N–H and O–H groups in total. The molecule has 25 heavy (non-hydrogen) atoms. The third-order valence-corrected chi connectivity index (χ3v) is 5.05. The molecule has 1 aliphatic rings. The predicted molar refractivity (Wildman–Crippen MR) is 104 cm³/mol. The first-order chi connectivity index (χ1) is 12.2. The van der Waals surface area contributed by atoms with Crippen LogP contribution in [0.4, 0.5) is 11.4 Å². The summed E-state index contributed by atoms with van der Waals surface area (Å²) in [5.74, 6) is 1.47. The number of nitrogens with one attached hydrogen (secondary N) is 1. The fourth-order valence-electron chi connectivity index (χ4n) is 2.93. The highest BCUT2D eigenvalue weighted by atomic mass is 79.9. The van der Waals surface area contributed by atoms with Crippen molar-refractivity contribution >= 4 is 27.3 Å². The lowest BCUT2D eigenvalue weighted by Gasteiger charge is -2.29. The number of halogens is 1. The molecule has 0 aliphatic carbocycles. The van der Waals surface area contributed by atoms with Gasteiger partial charge in [0.1, 0.15) is 0 Å². The molecular weight excluding hydrogens is 384 g/mol. The average Bonchev–Trinajstić information content (AvgIpc) is 2.68. The van der Waals surface area contributed by atoms with Crippen molar-refractivity contribution in [3.63, 3.8) is 0 Å². The number of hydrogen-bond donors (Lipinski definition) is 1. The molecule has 1 heterocycles. The summed E-state index contributed by atoms with van der Waals surface area (Å²) in [6.45, 7) is 4.12. The van der Waals surface area contributed by atoms with Crippen molar-refractivity contribution in [3.05, 3.63) is 46.4 Å². The number of methoxy groups -OCH3 is 2. The highest BCUT2D eigenvalue weighted by molar-refractivity contribution is 9.10. The Labute approximate surface area is 157 Å². The van der Waals surface area contributed by atoms with Crippen molar-refractivity contribution in [1.29, 1.82) is 0 Å². The van der Waals surface area contributed by atoms with E-state index < -0.39 is 0 Å². The normalized spacial score (nSPS) is 14.3. The number of ether oxygens (including phenoxy) is 3. The van der Waals surface area contributed by atoms with E-state index in [2.05, 4.69) is 50.4 Å². The van der Waals surface area contributed by atoms with E-state index >= 15 is 0 Å². The van der Waals surface area contributed by atoms with Crippen LogP contribution in [0, 0.1) is 0 Å². The van der Waals surface area contributed by atoms with E-state index in [0.29, 0.717) is 6.54 Å². The highest BCUT2D eigenvalue weighted by Crippen LogP contribution is 2.36. The first-order valence-electron chi connectivity index (χ1n) is 8.29. The van der Waals surface area contributed by atoms with Crippen molar-refractivity contribution in [3.8, 4) is 11.5 Å². The Morgan fingerprint density at radius 1 is 1.04 bits per heavy atom. The Hall–Kier alpha value is -1.92. The number of nitrogens with zero attached hydrogens (tertiary/aromatic N) is 1. The molecule has 0 unspecified atom stereocenters. The van der Waals surface area contributed by atoms with Gasteiger partial charge in [0.25, 0.3) is 0 Å². The number of hydrogen-bond acceptors (Lipinski definition) is 5. The van der Waals surface area contributed by atoms with Crippen LogP contribution in [0.3, 0.4) is 0 Å². The Morgan fingerprint density at radius 2 is 1.76 bits per heavy atom. The summed E-state index contributed by atoms with van der Waals surface area (Å²) in [7, 11) is 3.30. The van der Waals surface area contributed by atoms with Crippen molar-refractivity contribution < 1.29 is 14.2 Å². The molecule has 0 amide bonds. The van der Waals surface area contributed by atoms with Crippen LogP contribution >= 0.6 is 15.9 Å². The van der Waals surface area contributed by atoms with Gasteiger partial charge in [0.05, 0.1) is 27.4 Å². The van der Waals surface area contributed by atoms with Crippen molar-refractivity contribution in [1.82, 2.24) is 0 Å². The highest BCUT2D eigenvalue weighted by Gasteiger charge is 2.14. The number of anilines is 2. The molecule has 3 rings (SSSR count). The summed E-state index contributed by atoms with van der Waals surface area (Å²) in [5, 5.41) is 3.45. The SMILES string of the molecule is COc1ccc(Br)c(CNc2ccc(N3CCOCC3)cc2)c1OC. The monoisotopic (exact) mass is 406 g/mol. The van der Waals surface area contributed by atoms with Gasteiger partial charge in [-0.3, -0.25) is 0 Å². The molecule has 0 spiro atoms. The number of morpholine rings is 1. The molecule has 1 fully saturated rings. The molecule has 6 heteroatoms. The molecule has 1 saturated heterocycles. The van der Waals surface area contributed by atoms with Gasteiger partial charge in [-0.2, -0.15) is 0 Å². The molecular formula is C19H23BrN2O3. The van der Waals surface area contributed by atoms with Crippen LogP contribution in [0.25, 0.3) is 0 Å². The van der Waals surface area contributed by atoms with Crippen LogP contribution in [0.1, 0.15) is 5.56 Å². The maximum atomic E-state index is 5.52. The third kappa shape index (κ3) is 4.19. The molecule has 134 valence electrons. The van der Waals surface area contributed by atoms with Gasteiger partial charge in [0.15, 0.2) is 11.5 Å². The minimum absolute atomic E-state index is 0.637. The zero-order valence-corrected chi connectivity index (χ0v) is 16.1. The van der Waals surface area contributed by atoms with Crippen molar-refractivity contribution in [2.24, 2.45) is 0 Å². The number of benzene rings is 2. The first kappa shape index (κ1) is 17.9. The maximum Gasteiger partial charge on any atom is 0.166 e. The summed E-state index contributed by atoms with van der Waals surface area (Å²) >= 11 is 3.59. The van der Waals surface area contributed by atoms with Gasteiger partial charge >= 0.3 is 0 Å². The molecule has 0 saturated carbocycles. The second-order valence-electron chi connectivity index (χ2n) is 5.76. The lowest BCUT2D eigenvalue weighted by Crippen LogP contribution is -2.36. The first-order valence-corrected chi connectivity index (χ1v) is 9.08. The average molecular weight is 407 g/mol. The standard InChI is InChI=1S/C19H23BrN2O3/c1-23-18-8-7-17(20)16(19(18)24-2)13-21-14-3-5-15(6-4-14)22-9-11-25-12-10-22/h3-8,21H,9-13H2,1-2H3. The third-order valence-electron chi connectivity index (χ3n) is 4.30. The van der Waals surface area contributed by atoms with Gasteiger partial charge in [-0.25, -0.2) is 0 Å². The van der Waals surface area contributed by atoms with E-state index in [9.17, 15) is 0 Å². The minimum atomic E-state index is 0.637. The van der Waals surface area contributed by atoms with Gasteiger partial charge in [-0.1, -0.05) is 15.9 Å². The summed E-state index contributed by atoms with van der Waals surface area (Å²) in [4.78, 5) is 2.34. The number of rotatable bonds is 6. The van der Waals surface area contributed by atoms with Crippen LogP contribution in [-0.4, -0.2) is 40.5 Å². The summed E-state index contributed by atoms with van der Waals surface area (Å²) in [5.41, 5.74) is 3.32. The Morgan fingerprint density at radius 3 is 2.40 bits per heavy atom. The Bertz CT molecular complexity index is 701. The van der Waals surface area contributed by atoms with E-state index in [4.69, 9.17) is 14.2 Å². The predicted octanol–water partition coefficient (Wildman–Crippen LogP) is 3.92. The second kappa shape index (κ2) is 8.45. The van der Waals surface area contributed by atoms with E-state index in [1.165, 1.54) is 5.69 Å². The zero-order chi connectivity index (χ0) is 17.6. The fourth-order valence-corrected chi connectivity index (χ4v) is 3.39. The van der Waals surface area contributed by atoms with E-state index in [0.717, 1.165) is 53.5 Å². The van der Waals surface area contributed by atoms with Crippen molar-refractivity contribution in [2.75, 3.05) is 50.7 Å². The summed E-state index contributed by atoms with van der Waals surface area (Å²) < 4.78 is 17.3. The molecule has 0 radical (unpaired) electrons. The molecule has 2 aromatic rings. The van der Waals surface area contributed by atoms with Gasteiger partial charge < -0.3 is 24.4 Å². The largest absolute Gasteiger partial charge is 0.493 e. The fraction of sp³-hybridized carbons (Fsp3) is 0.368. The van der Waals surface area contributed by atoms with Gasteiger partial charge in [-0.15, -0.1) is 0 Å². The lowest BCUT2D eigenvalue weighted by atomic mass is 10.1. The molecule has 0 aromatic heterocycles. The van der Waals surface area contributed by atoms with Gasteiger partial charge in [0, 0.05) is 41.0 Å². The van der Waals surface area contributed by atoms with Crippen LogP contribution < -0.4 is 19.7 Å². The minimum Gasteiger partial charge on any atom is -0.493 e. The second-order valence-corrected chi connectivity index (χ2v) is 6.62. The maximum absolute atomic E-state index is 5.52. The lowest BCUT2D eigenvalue weighted by molar-refractivity contribution is 0.122. The van der Waals surface area contributed by atoms with Crippen LogP contribution in [-0.2, 0) is 11.3 Å². The Balaban J connectivity index is 1.69. The van der Waals surface area contributed by atoms with Crippen molar-refractivity contribution in [2.45, 2.75) is 6.54 Å². The molecule has 1 aliphatic heterocycles. The van der Waals surface area contributed by atoms with Crippen LogP contribution in [0.15, 0.2) is 40.9 Å². The van der Waals surface area contributed by atoms with E-state index in [1.807, 2.05) is 12.1 Å². The summed E-state index contributed by atoms with van der Waals surface area (Å²) in [6, 6.07) is 12.4. The quantitative estimate of drug-likeness (QED) is 0.787. The zero-order valence-electron chi connectivity index (χ0n) is 14.5. The summed E-state index contributed by atoms with van der Waals surface area (Å²) in [6.07, 6.45) is 0. The van der Waals surface area contributed by atoms with E-state index in [1.54, 1.807) is 14.2 Å². The van der Waals surface area contributed by atoms with Gasteiger partial charge in [-0.05, 0) is 36.4 Å².